The number of alkyl halides is 1. The van der Waals surface area contributed by atoms with E-state index in [4.69, 9.17) is 0 Å². The molecule has 0 radical (unpaired) electrons. The van der Waals surface area contributed by atoms with Crippen LogP contribution in [0.25, 0.3) is 0 Å². The minimum absolute atomic E-state index is 0.411. The Hall–Kier alpha value is 0.0900. The van der Waals surface area contributed by atoms with Crippen LogP contribution in [0.4, 0.5) is 0 Å². The van der Waals surface area contributed by atoms with Gasteiger partial charge >= 0.3 is 0 Å². The minimum Gasteiger partial charge on any atom is -0.210 e. The van der Waals surface area contributed by atoms with Gasteiger partial charge < -0.3 is 0 Å². The largest absolute Gasteiger partial charge is 0.250 e. The van der Waals surface area contributed by atoms with E-state index in [0.29, 0.717) is 10.8 Å². The van der Waals surface area contributed by atoms with Crippen molar-refractivity contribution in [3.63, 3.8) is 0 Å². The molecule has 0 fully saturated rings. The van der Waals surface area contributed by atoms with Gasteiger partial charge in [-0.05, 0) is 25.0 Å². The molecule has 0 bridgehead atoms. The monoisotopic (exact) mass is 311 g/mol. The molecule has 0 amide bonds. The van der Waals surface area contributed by atoms with Crippen LogP contribution in [0.5, 0.6) is 0 Å². The zero-order valence-corrected chi connectivity index (χ0v) is 11.7. The molecule has 0 aromatic carbocycles. The Bertz CT molecular complexity index is 400. The summed E-state index contributed by atoms with van der Waals surface area (Å²) in [6.07, 6.45) is 1.67. The highest BCUT2D eigenvalue weighted by molar-refractivity contribution is 9.09. The second kappa shape index (κ2) is 5.98. The van der Waals surface area contributed by atoms with E-state index in [1.54, 1.807) is 6.07 Å². The van der Waals surface area contributed by atoms with Crippen LogP contribution in [0.3, 0.4) is 0 Å². The highest BCUT2D eigenvalue weighted by Gasteiger charge is 2.15. The van der Waals surface area contributed by atoms with Crippen LogP contribution in [0.2, 0.25) is 0 Å². The highest BCUT2D eigenvalue weighted by Crippen LogP contribution is 2.21. The first-order valence-corrected chi connectivity index (χ1v) is 8.16. The molecule has 6 heteroatoms. The number of sulfonamides is 1. The van der Waals surface area contributed by atoms with Crippen LogP contribution in [0, 0.1) is 0 Å². The van der Waals surface area contributed by atoms with E-state index in [9.17, 15) is 8.42 Å². The van der Waals surface area contributed by atoms with Gasteiger partial charge in [0.2, 0.25) is 10.0 Å². The first-order valence-electron chi connectivity index (χ1n) is 4.74. The van der Waals surface area contributed by atoms with Crippen molar-refractivity contribution in [3.05, 3.63) is 17.0 Å². The minimum atomic E-state index is -3.27. The SMILES string of the molecule is CCc1ccc(S(=O)(=O)NCCCBr)s1. The first kappa shape index (κ1) is 13.2. The average Bonchev–Trinajstić information content (AvgIpc) is 2.66. The molecule has 1 aromatic heterocycles. The molecule has 1 heterocycles. The van der Waals surface area contributed by atoms with Gasteiger partial charge in [0.25, 0.3) is 0 Å². The Morgan fingerprint density at radius 2 is 2.20 bits per heavy atom. The molecule has 0 unspecified atom stereocenters. The van der Waals surface area contributed by atoms with Gasteiger partial charge in [0.05, 0.1) is 0 Å². The Morgan fingerprint density at radius 1 is 1.47 bits per heavy atom. The lowest BCUT2D eigenvalue weighted by Crippen LogP contribution is -2.24. The average molecular weight is 312 g/mol. The molecule has 1 N–H and O–H groups in total. The Balaban J connectivity index is 2.68. The van der Waals surface area contributed by atoms with E-state index in [1.165, 1.54) is 11.3 Å². The number of halogens is 1. The maximum Gasteiger partial charge on any atom is 0.250 e. The van der Waals surface area contributed by atoms with Crippen molar-refractivity contribution >= 4 is 37.3 Å². The van der Waals surface area contributed by atoms with Gasteiger partial charge in [0, 0.05) is 16.8 Å². The third-order valence-electron chi connectivity index (χ3n) is 1.85. The summed E-state index contributed by atoms with van der Waals surface area (Å²) in [5, 5.41) is 0.806. The molecular formula is C9H14BrNO2S2. The lowest BCUT2D eigenvalue weighted by Gasteiger charge is -2.02. The van der Waals surface area contributed by atoms with Gasteiger partial charge in [-0.1, -0.05) is 22.9 Å². The van der Waals surface area contributed by atoms with Gasteiger partial charge in [0.1, 0.15) is 4.21 Å². The summed E-state index contributed by atoms with van der Waals surface area (Å²) in [5.41, 5.74) is 0. The van der Waals surface area contributed by atoms with Crippen LogP contribution < -0.4 is 4.72 Å². The van der Waals surface area contributed by atoms with Crippen molar-refractivity contribution in [3.8, 4) is 0 Å². The summed E-state index contributed by atoms with van der Waals surface area (Å²) >= 11 is 4.59. The number of nitrogens with one attached hydrogen (secondary N) is 1. The number of hydrogen-bond donors (Lipinski definition) is 1. The van der Waals surface area contributed by atoms with Gasteiger partial charge in [-0.25, -0.2) is 13.1 Å². The van der Waals surface area contributed by atoms with Crippen LogP contribution in [-0.4, -0.2) is 20.3 Å². The zero-order chi connectivity index (χ0) is 11.3. The Morgan fingerprint density at radius 3 is 2.73 bits per heavy atom. The van der Waals surface area contributed by atoms with Gasteiger partial charge in [-0.15, -0.1) is 11.3 Å². The molecule has 0 spiro atoms. The predicted molar refractivity (Wildman–Crippen MR) is 67.3 cm³/mol. The van der Waals surface area contributed by atoms with E-state index in [0.717, 1.165) is 23.0 Å². The number of aryl methyl sites for hydroxylation is 1. The lowest BCUT2D eigenvalue weighted by atomic mass is 10.4. The number of rotatable bonds is 6. The first-order chi connectivity index (χ1) is 7.10. The zero-order valence-electron chi connectivity index (χ0n) is 8.49. The van der Waals surface area contributed by atoms with Gasteiger partial charge in [-0.2, -0.15) is 0 Å². The quantitative estimate of drug-likeness (QED) is 0.647. The van der Waals surface area contributed by atoms with E-state index in [-0.39, 0.29) is 0 Å². The maximum absolute atomic E-state index is 11.7. The summed E-state index contributed by atoms with van der Waals surface area (Å²) in [6.45, 7) is 2.49. The Kier molecular flexibility index (Phi) is 5.25. The lowest BCUT2D eigenvalue weighted by molar-refractivity contribution is 0.583. The molecule has 3 nitrogen and oxygen atoms in total. The summed E-state index contributed by atoms with van der Waals surface area (Å²) in [7, 11) is -3.27. The maximum atomic E-state index is 11.7. The smallest absolute Gasteiger partial charge is 0.210 e. The normalized spacial score (nSPS) is 11.9. The standard InChI is InChI=1S/C9H14BrNO2S2/c1-2-8-4-5-9(14-8)15(12,13)11-7-3-6-10/h4-5,11H,2-3,6-7H2,1H3. The highest BCUT2D eigenvalue weighted by atomic mass is 79.9. The molecule has 1 aromatic rings. The van der Waals surface area contributed by atoms with E-state index >= 15 is 0 Å². The molecule has 15 heavy (non-hydrogen) atoms. The van der Waals surface area contributed by atoms with Crippen LogP contribution in [0.1, 0.15) is 18.2 Å². The summed E-state index contributed by atoms with van der Waals surface area (Å²) in [5.74, 6) is 0. The predicted octanol–water partition coefficient (Wildman–Crippen LogP) is 2.37. The van der Waals surface area contributed by atoms with Crippen molar-refractivity contribution in [2.24, 2.45) is 0 Å². The molecule has 0 aliphatic carbocycles. The van der Waals surface area contributed by atoms with Crippen molar-refractivity contribution in [2.45, 2.75) is 24.0 Å². The number of thiophene rings is 1. The summed E-state index contributed by atoms with van der Waals surface area (Å²) in [6, 6.07) is 3.53. The number of hydrogen-bond acceptors (Lipinski definition) is 3. The van der Waals surface area contributed by atoms with Gasteiger partial charge in [0.15, 0.2) is 0 Å². The molecule has 86 valence electrons. The topological polar surface area (TPSA) is 46.2 Å². The van der Waals surface area contributed by atoms with Crippen molar-refractivity contribution in [1.82, 2.24) is 4.72 Å². The summed E-state index contributed by atoms with van der Waals surface area (Å²) < 4.78 is 26.4. The second-order valence-electron chi connectivity index (χ2n) is 3.01. The summed E-state index contributed by atoms with van der Waals surface area (Å²) in [4.78, 5) is 1.09. The second-order valence-corrected chi connectivity index (χ2v) is 6.97. The fourth-order valence-electron chi connectivity index (χ4n) is 1.04. The Labute approximate surface area is 103 Å². The van der Waals surface area contributed by atoms with E-state index < -0.39 is 10.0 Å². The molecule has 0 saturated heterocycles. The van der Waals surface area contributed by atoms with Gasteiger partial charge in [-0.3, -0.25) is 0 Å². The molecular weight excluding hydrogens is 298 g/mol. The molecule has 0 atom stereocenters. The molecule has 0 saturated carbocycles. The van der Waals surface area contributed by atoms with E-state index in [1.807, 2.05) is 13.0 Å². The van der Waals surface area contributed by atoms with Crippen molar-refractivity contribution in [2.75, 3.05) is 11.9 Å². The van der Waals surface area contributed by atoms with Crippen LogP contribution in [0.15, 0.2) is 16.3 Å². The fraction of sp³-hybridized carbons (Fsp3) is 0.556. The third kappa shape index (κ3) is 3.86. The van der Waals surface area contributed by atoms with Crippen molar-refractivity contribution < 1.29 is 8.42 Å². The molecule has 0 aliphatic heterocycles. The fourth-order valence-corrected chi connectivity index (χ4v) is 3.73. The van der Waals surface area contributed by atoms with Crippen LogP contribution >= 0.6 is 27.3 Å². The van der Waals surface area contributed by atoms with E-state index in [2.05, 4.69) is 20.7 Å². The molecule has 0 aliphatic rings. The third-order valence-corrected chi connectivity index (χ3v) is 5.60. The van der Waals surface area contributed by atoms with Crippen LogP contribution in [-0.2, 0) is 16.4 Å². The molecule has 1 rings (SSSR count). The van der Waals surface area contributed by atoms with Crippen molar-refractivity contribution in [1.29, 1.82) is 0 Å².